The van der Waals surface area contributed by atoms with Crippen LogP contribution in [-0.4, -0.2) is 52.7 Å². The summed E-state index contributed by atoms with van der Waals surface area (Å²) in [5.74, 6) is 0. The number of hydrogen-bond donors (Lipinski definition) is 1. The van der Waals surface area contributed by atoms with Crippen molar-refractivity contribution in [1.82, 2.24) is 20.0 Å². The SMILES string of the molecule is CCCc1nnc(NC(=O)N2CCN(C)CC2c2ccccc2)s1. The quantitative estimate of drug-likeness (QED) is 0.925. The molecule has 1 N–H and O–H groups in total. The fraction of sp³-hybridized carbons (Fsp3) is 0.471. The molecule has 1 unspecified atom stereocenters. The number of carbonyl (C=O) groups is 1. The molecule has 3 rings (SSSR count). The van der Waals surface area contributed by atoms with Gasteiger partial charge in [0.25, 0.3) is 0 Å². The third-order valence-electron chi connectivity index (χ3n) is 4.17. The molecule has 0 aliphatic carbocycles. The van der Waals surface area contributed by atoms with Crippen LogP contribution in [-0.2, 0) is 6.42 Å². The van der Waals surface area contributed by atoms with Crippen molar-refractivity contribution in [1.29, 1.82) is 0 Å². The van der Waals surface area contributed by atoms with E-state index < -0.39 is 0 Å². The monoisotopic (exact) mass is 345 g/mol. The fourth-order valence-electron chi connectivity index (χ4n) is 2.91. The molecular weight excluding hydrogens is 322 g/mol. The van der Waals surface area contributed by atoms with Crippen LogP contribution < -0.4 is 5.32 Å². The fourth-order valence-corrected chi connectivity index (χ4v) is 3.74. The summed E-state index contributed by atoms with van der Waals surface area (Å²) in [7, 11) is 2.09. The molecule has 1 aromatic heterocycles. The number of hydrogen-bond acceptors (Lipinski definition) is 5. The van der Waals surface area contributed by atoms with Gasteiger partial charge in [-0.25, -0.2) is 4.79 Å². The van der Waals surface area contributed by atoms with E-state index in [0.29, 0.717) is 11.7 Å². The number of nitrogens with one attached hydrogen (secondary N) is 1. The Hall–Kier alpha value is -1.99. The minimum absolute atomic E-state index is 0.0491. The number of anilines is 1. The van der Waals surface area contributed by atoms with Gasteiger partial charge < -0.3 is 9.80 Å². The van der Waals surface area contributed by atoms with Gasteiger partial charge in [-0.1, -0.05) is 48.6 Å². The highest BCUT2D eigenvalue weighted by atomic mass is 32.1. The summed E-state index contributed by atoms with van der Waals surface area (Å²) in [6.45, 7) is 4.50. The van der Waals surface area contributed by atoms with Crippen molar-refractivity contribution in [3.8, 4) is 0 Å². The Bertz CT molecular complexity index is 675. The summed E-state index contributed by atoms with van der Waals surface area (Å²) in [5.41, 5.74) is 1.16. The van der Waals surface area contributed by atoms with Gasteiger partial charge in [-0.05, 0) is 19.0 Å². The number of urea groups is 1. The first-order valence-corrected chi connectivity index (χ1v) is 9.12. The maximum absolute atomic E-state index is 12.8. The Morgan fingerprint density at radius 1 is 1.29 bits per heavy atom. The molecule has 0 radical (unpaired) electrons. The molecule has 0 bridgehead atoms. The van der Waals surface area contributed by atoms with E-state index in [9.17, 15) is 4.79 Å². The summed E-state index contributed by atoms with van der Waals surface area (Å²) in [6.07, 6.45) is 1.92. The van der Waals surface area contributed by atoms with Crippen molar-refractivity contribution < 1.29 is 4.79 Å². The van der Waals surface area contributed by atoms with Crippen LogP contribution in [0.4, 0.5) is 9.93 Å². The number of aromatic nitrogens is 2. The van der Waals surface area contributed by atoms with Gasteiger partial charge in [-0.15, -0.1) is 10.2 Å². The Balaban J connectivity index is 1.73. The molecule has 2 heterocycles. The zero-order valence-corrected chi connectivity index (χ0v) is 14.9. The molecule has 128 valence electrons. The van der Waals surface area contributed by atoms with Gasteiger partial charge in [0.2, 0.25) is 5.13 Å². The van der Waals surface area contributed by atoms with Gasteiger partial charge in [0, 0.05) is 26.1 Å². The lowest BCUT2D eigenvalue weighted by atomic mass is 10.0. The van der Waals surface area contributed by atoms with Crippen LogP contribution in [0.1, 0.15) is 30.0 Å². The Kier molecular flexibility index (Phi) is 5.42. The molecule has 1 saturated heterocycles. The van der Waals surface area contributed by atoms with Gasteiger partial charge in [-0.3, -0.25) is 5.32 Å². The largest absolute Gasteiger partial charge is 0.324 e. The van der Waals surface area contributed by atoms with Crippen LogP contribution in [0, 0.1) is 0 Å². The highest BCUT2D eigenvalue weighted by Gasteiger charge is 2.30. The lowest BCUT2D eigenvalue weighted by molar-refractivity contribution is 0.116. The molecule has 0 saturated carbocycles. The molecular formula is C17H23N5OS. The number of rotatable bonds is 4. The number of benzene rings is 1. The van der Waals surface area contributed by atoms with Crippen molar-refractivity contribution in [3.05, 3.63) is 40.9 Å². The third-order valence-corrected chi connectivity index (χ3v) is 5.07. The van der Waals surface area contributed by atoms with Gasteiger partial charge in [0.1, 0.15) is 5.01 Å². The van der Waals surface area contributed by atoms with Crippen molar-refractivity contribution in [2.45, 2.75) is 25.8 Å². The lowest BCUT2D eigenvalue weighted by Gasteiger charge is -2.40. The van der Waals surface area contributed by atoms with E-state index in [0.717, 1.165) is 36.5 Å². The standard InChI is InChI=1S/C17H23N5OS/c1-3-7-15-19-20-16(24-15)18-17(23)22-11-10-21(2)12-14(22)13-8-5-4-6-9-13/h4-6,8-9,14H,3,7,10-12H2,1-2H3,(H,18,20,23). The average molecular weight is 345 g/mol. The Morgan fingerprint density at radius 3 is 2.83 bits per heavy atom. The zero-order valence-electron chi connectivity index (χ0n) is 14.1. The minimum Gasteiger partial charge on any atom is -0.315 e. The minimum atomic E-state index is -0.101. The summed E-state index contributed by atoms with van der Waals surface area (Å²) >= 11 is 1.46. The Morgan fingerprint density at radius 2 is 2.08 bits per heavy atom. The molecule has 2 aromatic rings. The first-order valence-electron chi connectivity index (χ1n) is 8.31. The average Bonchev–Trinajstić information content (AvgIpc) is 3.03. The molecule has 6 nitrogen and oxygen atoms in total. The van der Waals surface area contributed by atoms with Crippen molar-refractivity contribution in [2.24, 2.45) is 0 Å². The third kappa shape index (κ3) is 3.91. The van der Waals surface area contributed by atoms with E-state index in [1.54, 1.807) is 0 Å². The normalized spacial score (nSPS) is 18.6. The molecule has 1 aromatic carbocycles. The van der Waals surface area contributed by atoms with E-state index in [2.05, 4.69) is 46.5 Å². The van der Waals surface area contributed by atoms with Crippen molar-refractivity contribution >= 4 is 22.5 Å². The molecule has 0 spiro atoms. The van der Waals surface area contributed by atoms with Crippen LogP contribution >= 0.6 is 11.3 Å². The van der Waals surface area contributed by atoms with Gasteiger partial charge >= 0.3 is 6.03 Å². The Labute approximate surface area is 146 Å². The number of piperazine rings is 1. The second-order valence-electron chi connectivity index (χ2n) is 6.06. The van der Waals surface area contributed by atoms with E-state index >= 15 is 0 Å². The summed E-state index contributed by atoms with van der Waals surface area (Å²) in [5, 5.41) is 12.7. The summed E-state index contributed by atoms with van der Waals surface area (Å²) in [4.78, 5) is 16.9. The smallest absolute Gasteiger partial charge is 0.315 e. The van der Waals surface area contributed by atoms with E-state index in [1.165, 1.54) is 11.3 Å². The molecule has 1 atom stereocenters. The number of amides is 2. The maximum atomic E-state index is 12.8. The first kappa shape index (κ1) is 16.9. The van der Waals surface area contributed by atoms with Crippen LogP contribution in [0.25, 0.3) is 0 Å². The highest BCUT2D eigenvalue weighted by molar-refractivity contribution is 7.15. The number of aryl methyl sites for hydroxylation is 1. The van der Waals surface area contributed by atoms with Crippen LogP contribution in [0.2, 0.25) is 0 Å². The number of carbonyl (C=O) groups excluding carboxylic acids is 1. The van der Waals surface area contributed by atoms with Crippen molar-refractivity contribution in [2.75, 3.05) is 32.0 Å². The lowest BCUT2D eigenvalue weighted by Crippen LogP contribution is -2.50. The van der Waals surface area contributed by atoms with Crippen LogP contribution in [0.5, 0.6) is 0 Å². The molecule has 1 aliphatic rings. The molecule has 2 amide bonds. The predicted octanol–water partition coefficient (Wildman–Crippen LogP) is 3.01. The summed E-state index contributed by atoms with van der Waals surface area (Å²) in [6, 6.07) is 10.1. The number of likely N-dealkylation sites (N-methyl/N-ethyl adjacent to an activating group) is 1. The number of nitrogens with zero attached hydrogens (tertiary/aromatic N) is 4. The first-order chi connectivity index (χ1) is 11.7. The van der Waals surface area contributed by atoms with Crippen LogP contribution in [0.3, 0.4) is 0 Å². The van der Waals surface area contributed by atoms with Gasteiger partial charge in [0.05, 0.1) is 6.04 Å². The second kappa shape index (κ2) is 7.72. The van der Waals surface area contributed by atoms with Crippen LogP contribution in [0.15, 0.2) is 30.3 Å². The van der Waals surface area contributed by atoms with Gasteiger partial charge in [0.15, 0.2) is 0 Å². The van der Waals surface area contributed by atoms with Crippen molar-refractivity contribution in [3.63, 3.8) is 0 Å². The second-order valence-corrected chi connectivity index (χ2v) is 7.13. The molecule has 7 heteroatoms. The maximum Gasteiger partial charge on any atom is 0.324 e. The highest BCUT2D eigenvalue weighted by Crippen LogP contribution is 2.26. The van der Waals surface area contributed by atoms with E-state index in [-0.39, 0.29) is 12.1 Å². The topological polar surface area (TPSA) is 61.4 Å². The van der Waals surface area contributed by atoms with E-state index in [4.69, 9.17) is 0 Å². The summed E-state index contributed by atoms with van der Waals surface area (Å²) < 4.78 is 0. The molecule has 24 heavy (non-hydrogen) atoms. The predicted molar refractivity (Wildman–Crippen MR) is 96.3 cm³/mol. The van der Waals surface area contributed by atoms with E-state index in [1.807, 2.05) is 23.1 Å². The zero-order chi connectivity index (χ0) is 16.9. The molecule has 1 fully saturated rings. The molecule has 1 aliphatic heterocycles. The van der Waals surface area contributed by atoms with Gasteiger partial charge in [-0.2, -0.15) is 0 Å².